The lowest BCUT2D eigenvalue weighted by molar-refractivity contribution is -0.121. The van der Waals surface area contributed by atoms with Gasteiger partial charge in [0.15, 0.2) is 0 Å². The largest absolute Gasteiger partial charge is 0.294 e. The van der Waals surface area contributed by atoms with E-state index in [0.29, 0.717) is 6.42 Å². The van der Waals surface area contributed by atoms with Crippen molar-refractivity contribution in [3.63, 3.8) is 0 Å². The minimum Gasteiger partial charge on any atom is -0.294 e. The summed E-state index contributed by atoms with van der Waals surface area (Å²) in [4.78, 5) is 11.1. The number of nitrogens with one attached hydrogen (secondary N) is 1. The minimum absolute atomic E-state index is 0.130. The zero-order valence-electron chi connectivity index (χ0n) is 11.1. The first kappa shape index (κ1) is 13.7. The predicted octanol–water partition coefficient (Wildman–Crippen LogP) is 1.39. The maximum Gasteiger partial charge on any atom is 0.233 e. The van der Waals surface area contributed by atoms with Crippen molar-refractivity contribution in [1.82, 2.24) is 15.2 Å². The lowest BCUT2D eigenvalue weighted by Gasteiger charge is -2.14. The minimum atomic E-state index is -0.130. The van der Waals surface area contributed by atoms with Crippen molar-refractivity contribution in [3.05, 3.63) is 17.0 Å². The molecule has 0 spiro atoms. The predicted molar refractivity (Wildman–Crippen MR) is 67.4 cm³/mol. The van der Waals surface area contributed by atoms with Gasteiger partial charge in [0, 0.05) is 18.2 Å². The van der Waals surface area contributed by atoms with E-state index in [1.807, 2.05) is 11.6 Å². The van der Waals surface area contributed by atoms with Crippen molar-refractivity contribution in [2.75, 3.05) is 0 Å². The number of carbonyl (C=O) groups is 1. The molecule has 0 aliphatic carbocycles. The number of nitrogens with zero attached hydrogens (tertiary/aromatic N) is 2. The highest BCUT2D eigenvalue weighted by atomic mass is 16.2. The second-order valence-corrected chi connectivity index (χ2v) is 4.40. The summed E-state index contributed by atoms with van der Waals surface area (Å²) in [6.45, 7) is 8.32. The van der Waals surface area contributed by atoms with Crippen LogP contribution in [0.3, 0.4) is 0 Å². The van der Waals surface area contributed by atoms with Crippen LogP contribution in [0.2, 0.25) is 0 Å². The molecule has 1 unspecified atom stereocenters. The van der Waals surface area contributed by atoms with E-state index in [9.17, 15) is 4.79 Å². The molecule has 1 aromatic rings. The summed E-state index contributed by atoms with van der Waals surface area (Å²) < 4.78 is 2.01. The Morgan fingerprint density at radius 3 is 2.65 bits per heavy atom. The molecule has 5 heteroatoms. The summed E-state index contributed by atoms with van der Waals surface area (Å²) in [5, 5.41) is 4.54. The third kappa shape index (κ3) is 3.06. The molecule has 1 amide bonds. The number of hydrogen-bond donors (Lipinski definition) is 2. The lowest BCUT2D eigenvalue weighted by Crippen LogP contribution is -2.30. The highest BCUT2D eigenvalue weighted by Crippen LogP contribution is 2.20. The number of amides is 1. The Hall–Kier alpha value is -1.36. The van der Waals surface area contributed by atoms with Crippen LogP contribution in [0.25, 0.3) is 0 Å². The topological polar surface area (TPSA) is 72.9 Å². The van der Waals surface area contributed by atoms with Crippen LogP contribution in [-0.4, -0.2) is 15.7 Å². The standard InChI is InChI=1S/C12H22N4O/c1-5-11-9(3)15-16(10(11)4)8(2)6-7-12(17)14-13/h8H,5-7,13H2,1-4H3,(H,14,17). The van der Waals surface area contributed by atoms with E-state index in [1.165, 1.54) is 11.3 Å². The number of aryl methyl sites for hydroxylation is 1. The SMILES string of the molecule is CCc1c(C)nn(C(C)CCC(=O)NN)c1C. The number of rotatable bonds is 5. The molecule has 0 radical (unpaired) electrons. The summed E-state index contributed by atoms with van der Waals surface area (Å²) in [6, 6.07) is 0.214. The molecule has 5 nitrogen and oxygen atoms in total. The van der Waals surface area contributed by atoms with Gasteiger partial charge in [-0.2, -0.15) is 5.10 Å². The average Bonchev–Trinajstić information content (AvgIpc) is 2.60. The number of aromatic nitrogens is 2. The van der Waals surface area contributed by atoms with Crippen molar-refractivity contribution in [3.8, 4) is 0 Å². The zero-order chi connectivity index (χ0) is 13.0. The quantitative estimate of drug-likeness (QED) is 0.462. The van der Waals surface area contributed by atoms with Crippen LogP contribution in [0.1, 0.15) is 49.7 Å². The van der Waals surface area contributed by atoms with E-state index >= 15 is 0 Å². The Morgan fingerprint density at radius 1 is 1.53 bits per heavy atom. The molecule has 0 saturated heterocycles. The maximum absolute atomic E-state index is 11.1. The monoisotopic (exact) mass is 238 g/mol. The number of hydrogen-bond acceptors (Lipinski definition) is 3. The van der Waals surface area contributed by atoms with E-state index in [4.69, 9.17) is 5.84 Å². The first-order valence-corrected chi connectivity index (χ1v) is 6.05. The summed E-state index contributed by atoms with van der Waals surface area (Å²) in [5.41, 5.74) is 5.73. The van der Waals surface area contributed by atoms with E-state index in [-0.39, 0.29) is 11.9 Å². The van der Waals surface area contributed by atoms with Crippen molar-refractivity contribution in [1.29, 1.82) is 0 Å². The number of hydrazine groups is 1. The van der Waals surface area contributed by atoms with Crippen molar-refractivity contribution in [2.45, 2.75) is 53.0 Å². The third-order valence-corrected chi connectivity index (χ3v) is 3.20. The molecule has 17 heavy (non-hydrogen) atoms. The van der Waals surface area contributed by atoms with Gasteiger partial charge in [0.2, 0.25) is 5.91 Å². The second kappa shape index (κ2) is 5.82. The van der Waals surface area contributed by atoms with Gasteiger partial charge in [-0.05, 0) is 39.2 Å². The summed E-state index contributed by atoms with van der Waals surface area (Å²) in [5.74, 6) is 4.92. The third-order valence-electron chi connectivity index (χ3n) is 3.20. The van der Waals surface area contributed by atoms with Crippen LogP contribution in [0.5, 0.6) is 0 Å². The van der Waals surface area contributed by atoms with Gasteiger partial charge in [0.05, 0.1) is 5.69 Å². The van der Waals surface area contributed by atoms with Gasteiger partial charge >= 0.3 is 0 Å². The number of carbonyl (C=O) groups excluding carboxylic acids is 1. The smallest absolute Gasteiger partial charge is 0.233 e. The Bertz CT molecular complexity index is 397. The van der Waals surface area contributed by atoms with Crippen LogP contribution in [0.4, 0.5) is 0 Å². The second-order valence-electron chi connectivity index (χ2n) is 4.40. The van der Waals surface area contributed by atoms with E-state index in [1.54, 1.807) is 0 Å². The Morgan fingerprint density at radius 2 is 2.18 bits per heavy atom. The zero-order valence-corrected chi connectivity index (χ0v) is 11.1. The van der Waals surface area contributed by atoms with Gasteiger partial charge in [-0.25, -0.2) is 5.84 Å². The van der Waals surface area contributed by atoms with Gasteiger partial charge in [0.1, 0.15) is 0 Å². The highest BCUT2D eigenvalue weighted by molar-refractivity contribution is 5.75. The molecule has 1 atom stereocenters. The van der Waals surface area contributed by atoms with Crippen LogP contribution in [0.15, 0.2) is 0 Å². The van der Waals surface area contributed by atoms with Crippen LogP contribution in [-0.2, 0) is 11.2 Å². The van der Waals surface area contributed by atoms with Crippen molar-refractivity contribution in [2.24, 2.45) is 5.84 Å². The molecule has 0 aliphatic rings. The molecule has 0 fully saturated rings. The molecule has 0 aromatic carbocycles. The molecule has 1 aromatic heterocycles. The Kier molecular flexibility index (Phi) is 4.69. The summed E-state index contributed by atoms with van der Waals surface area (Å²) in [6.07, 6.45) is 2.17. The van der Waals surface area contributed by atoms with Gasteiger partial charge in [-0.3, -0.25) is 14.9 Å². The molecular weight excluding hydrogens is 216 g/mol. The fraction of sp³-hybridized carbons (Fsp3) is 0.667. The summed E-state index contributed by atoms with van der Waals surface area (Å²) >= 11 is 0. The molecule has 3 N–H and O–H groups in total. The van der Waals surface area contributed by atoms with Crippen molar-refractivity contribution < 1.29 is 4.79 Å². The molecule has 1 heterocycles. The van der Waals surface area contributed by atoms with E-state index in [0.717, 1.165) is 18.5 Å². The van der Waals surface area contributed by atoms with Gasteiger partial charge < -0.3 is 0 Å². The van der Waals surface area contributed by atoms with Crippen LogP contribution in [0, 0.1) is 13.8 Å². The van der Waals surface area contributed by atoms with Gasteiger partial charge in [-0.1, -0.05) is 6.92 Å². The van der Waals surface area contributed by atoms with Gasteiger partial charge in [-0.15, -0.1) is 0 Å². The molecule has 0 saturated carbocycles. The molecule has 96 valence electrons. The Balaban J connectivity index is 2.75. The number of nitrogens with two attached hydrogens (primary N) is 1. The normalized spacial score (nSPS) is 12.5. The average molecular weight is 238 g/mol. The van der Waals surface area contributed by atoms with E-state index in [2.05, 4.69) is 31.3 Å². The highest BCUT2D eigenvalue weighted by Gasteiger charge is 2.15. The molecular formula is C12H22N4O. The molecule has 1 rings (SSSR count). The first-order valence-electron chi connectivity index (χ1n) is 6.05. The lowest BCUT2D eigenvalue weighted by atomic mass is 10.1. The van der Waals surface area contributed by atoms with E-state index < -0.39 is 0 Å². The first-order chi connectivity index (χ1) is 8.01. The van der Waals surface area contributed by atoms with Crippen molar-refractivity contribution >= 4 is 5.91 Å². The summed E-state index contributed by atoms with van der Waals surface area (Å²) in [7, 11) is 0. The molecule has 0 bridgehead atoms. The van der Waals surface area contributed by atoms with Gasteiger partial charge in [0.25, 0.3) is 0 Å². The fourth-order valence-electron chi connectivity index (χ4n) is 2.17. The van der Waals surface area contributed by atoms with Crippen LogP contribution >= 0.6 is 0 Å². The Labute approximate surface area is 102 Å². The maximum atomic E-state index is 11.1. The fourth-order valence-corrected chi connectivity index (χ4v) is 2.17. The van der Waals surface area contributed by atoms with Crippen LogP contribution < -0.4 is 11.3 Å². The molecule has 0 aliphatic heterocycles.